The molecule has 2 aliphatic rings. The van der Waals surface area contributed by atoms with Crippen LogP contribution in [0.5, 0.6) is 0 Å². The zero-order valence-corrected chi connectivity index (χ0v) is 22.0. The van der Waals surface area contributed by atoms with Crippen LogP contribution >= 0.6 is 11.8 Å². The van der Waals surface area contributed by atoms with Crippen molar-refractivity contribution in [2.24, 2.45) is 0 Å². The van der Waals surface area contributed by atoms with Gasteiger partial charge in [0.05, 0.1) is 40.7 Å². The first kappa shape index (κ1) is 25.3. The zero-order valence-electron chi connectivity index (χ0n) is 20.4. The number of fused-ring (bicyclic) bond motifs is 1. The minimum absolute atomic E-state index is 0.124. The van der Waals surface area contributed by atoms with Crippen LogP contribution in [0, 0.1) is 0 Å². The van der Waals surface area contributed by atoms with Gasteiger partial charge in [-0.1, -0.05) is 23.9 Å². The maximum absolute atomic E-state index is 13.1. The molecule has 0 aliphatic carbocycles. The lowest BCUT2D eigenvalue weighted by Gasteiger charge is -2.16. The summed E-state index contributed by atoms with van der Waals surface area (Å²) >= 11 is 1.59. The number of rotatable bonds is 9. The molecule has 3 heterocycles. The third kappa shape index (κ3) is 5.32. The van der Waals surface area contributed by atoms with E-state index in [1.165, 1.54) is 0 Å². The second-order valence-corrected chi connectivity index (χ2v) is 12.0. The second kappa shape index (κ2) is 10.9. The Morgan fingerprint density at radius 3 is 2.61 bits per heavy atom. The number of esters is 1. The van der Waals surface area contributed by atoms with Crippen LogP contribution in [-0.4, -0.2) is 60.7 Å². The maximum Gasteiger partial charge on any atom is 0.338 e. The normalized spacial score (nSPS) is 18.8. The molecule has 0 bridgehead atoms. The molecule has 0 amide bonds. The molecule has 2 aromatic carbocycles. The zero-order chi connectivity index (χ0) is 25.1. The molecule has 1 atom stereocenters. The van der Waals surface area contributed by atoms with Crippen LogP contribution in [0.4, 0.5) is 0 Å². The smallest absolute Gasteiger partial charge is 0.338 e. The van der Waals surface area contributed by atoms with E-state index in [1.54, 1.807) is 47.3 Å². The van der Waals surface area contributed by atoms with E-state index in [1.807, 2.05) is 18.2 Å². The van der Waals surface area contributed by atoms with Crippen LogP contribution in [0.25, 0.3) is 11.0 Å². The van der Waals surface area contributed by atoms with Crippen molar-refractivity contribution in [2.75, 3.05) is 26.3 Å². The van der Waals surface area contributed by atoms with Gasteiger partial charge in [-0.3, -0.25) is 0 Å². The molecule has 1 aromatic heterocycles. The molecular formula is C26H31N3O5S2. The molecule has 3 aromatic rings. The van der Waals surface area contributed by atoms with Gasteiger partial charge in [0, 0.05) is 25.4 Å². The van der Waals surface area contributed by atoms with Crippen LogP contribution < -0.4 is 0 Å². The van der Waals surface area contributed by atoms with Crippen molar-refractivity contribution in [3.63, 3.8) is 0 Å². The Morgan fingerprint density at radius 1 is 1.14 bits per heavy atom. The molecule has 36 heavy (non-hydrogen) atoms. The Labute approximate surface area is 216 Å². The van der Waals surface area contributed by atoms with Gasteiger partial charge in [-0.05, 0) is 68.5 Å². The van der Waals surface area contributed by atoms with Crippen LogP contribution in [0.3, 0.4) is 0 Å². The summed E-state index contributed by atoms with van der Waals surface area (Å²) in [4.78, 5) is 17.1. The van der Waals surface area contributed by atoms with Crippen molar-refractivity contribution < 1.29 is 22.7 Å². The maximum atomic E-state index is 13.1. The molecule has 0 radical (unpaired) electrons. The van der Waals surface area contributed by atoms with Crippen molar-refractivity contribution in [2.45, 2.75) is 61.1 Å². The average molecular weight is 530 g/mol. The number of hydrogen-bond acceptors (Lipinski definition) is 7. The van der Waals surface area contributed by atoms with Gasteiger partial charge in [-0.2, -0.15) is 4.31 Å². The minimum atomic E-state index is -3.51. The molecule has 10 heteroatoms. The number of benzene rings is 2. The molecule has 2 saturated heterocycles. The molecule has 192 valence electrons. The van der Waals surface area contributed by atoms with Crippen molar-refractivity contribution in [1.29, 1.82) is 0 Å². The van der Waals surface area contributed by atoms with Crippen molar-refractivity contribution in [1.82, 2.24) is 13.9 Å². The van der Waals surface area contributed by atoms with Crippen molar-refractivity contribution in [3.05, 3.63) is 53.6 Å². The topological polar surface area (TPSA) is 90.7 Å². The molecule has 0 saturated carbocycles. The number of hydrogen-bond donors (Lipinski definition) is 0. The monoisotopic (exact) mass is 529 g/mol. The fraction of sp³-hybridized carbons (Fsp3) is 0.462. The summed E-state index contributed by atoms with van der Waals surface area (Å²) in [6, 6.07) is 12.7. The Balaban J connectivity index is 1.41. The molecule has 2 aliphatic heterocycles. The first-order valence-electron chi connectivity index (χ1n) is 12.5. The standard InChI is InChI=1S/C26H31N3O5S2/c1-2-33-25(30)20-9-7-19(8-10-20)18-35-26-27-23-16-22(36(31,32)28-13-3-4-14-28)11-12-24(23)29(26)17-21-6-5-15-34-21/h7-12,16,21H,2-6,13-15,17-18H2,1H3/t21-/m0/s1. The van der Waals surface area contributed by atoms with Gasteiger partial charge in [0.1, 0.15) is 0 Å². The van der Waals surface area contributed by atoms with Gasteiger partial charge in [0.25, 0.3) is 0 Å². The summed E-state index contributed by atoms with van der Waals surface area (Å²) in [5.41, 5.74) is 3.17. The molecule has 0 unspecified atom stereocenters. The van der Waals surface area contributed by atoms with Gasteiger partial charge < -0.3 is 14.0 Å². The lowest BCUT2D eigenvalue weighted by molar-refractivity contribution is 0.0526. The number of nitrogens with zero attached hydrogens (tertiary/aromatic N) is 3. The Kier molecular flexibility index (Phi) is 7.66. The Hall–Kier alpha value is -2.40. The third-order valence-electron chi connectivity index (χ3n) is 6.63. The molecule has 8 nitrogen and oxygen atoms in total. The lowest BCUT2D eigenvalue weighted by atomic mass is 10.1. The van der Waals surface area contributed by atoms with Crippen molar-refractivity contribution in [3.8, 4) is 0 Å². The number of aromatic nitrogens is 2. The summed E-state index contributed by atoms with van der Waals surface area (Å²) in [5, 5.41) is 0.825. The highest BCUT2D eigenvalue weighted by atomic mass is 32.2. The van der Waals surface area contributed by atoms with E-state index in [-0.39, 0.29) is 12.1 Å². The molecule has 2 fully saturated rings. The number of carbonyl (C=O) groups excluding carboxylic acids is 1. The summed E-state index contributed by atoms with van der Waals surface area (Å²) in [6.07, 6.45) is 3.97. The van der Waals surface area contributed by atoms with Gasteiger partial charge in [-0.25, -0.2) is 18.2 Å². The highest BCUT2D eigenvalue weighted by Crippen LogP contribution is 2.31. The summed E-state index contributed by atoms with van der Waals surface area (Å²) in [5.74, 6) is 0.339. The SMILES string of the molecule is CCOC(=O)c1ccc(CSc2nc3cc(S(=O)(=O)N4CCCC4)ccc3n2C[C@@H]2CCCO2)cc1. The largest absolute Gasteiger partial charge is 0.462 e. The quantitative estimate of drug-likeness (QED) is 0.298. The van der Waals surface area contributed by atoms with Gasteiger partial charge in [-0.15, -0.1) is 0 Å². The number of carbonyl (C=O) groups is 1. The van der Waals surface area contributed by atoms with Gasteiger partial charge in [0.15, 0.2) is 5.16 Å². The summed E-state index contributed by atoms with van der Waals surface area (Å²) < 4.78 is 40.9. The Morgan fingerprint density at radius 2 is 1.92 bits per heavy atom. The van der Waals surface area contributed by atoms with E-state index in [2.05, 4.69) is 4.57 Å². The van der Waals surface area contributed by atoms with E-state index >= 15 is 0 Å². The van der Waals surface area contributed by atoms with E-state index < -0.39 is 10.0 Å². The predicted octanol–water partition coefficient (Wildman–Crippen LogP) is 4.47. The average Bonchev–Trinajstić information content (AvgIpc) is 3.65. The number of thioether (sulfide) groups is 1. The first-order chi connectivity index (χ1) is 17.5. The highest BCUT2D eigenvalue weighted by Gasteiger charge is 2.28. The lowest BCUT2D eigenvalue weighted by Crippen LogP contribution is -2.27. The van der Waals surface area contributed by atoms with Gasteiger partial charge in [0.2, 0.25) is 10.0 Å². The highest BCUT2D eigenvalue weighted by molar-refractivity contribution is 7.98. The van der Waals surface area contributed by atoms with Crippen LogP contribution in [0.15, 0.2) is 52.5 Å². The Bertz CT molecular complexity index is 1330. The fourth-order valence-electron chi connectivity index (χ4n) is 4.70. The second-order valence-electron chi connectivity index (χ2n) is 9.11. The van der Waals surface area contributed by atoms with E-state index in [9.17, 15) is 13.2 Å². The first-order valence-corrected chi connectivity index (χ1v) is 14.9. The minimum Gasteiger partial charge on any atom is -0.462 e. The molecule has 0 N–H and O–H groups in total. The number of imidazole rings is 1. The van der Waals surface area contributed by atoms with Crippen molar-refractivity contribution >= 4 is 38.8 Å². The summed E-state index contributed by atoms with van der Waals surface area (Å²) in [7, 11) is -3.51. The molecule has 0 spiro atoms. The van der Waals surface area contributed by atoms with Crippen LogP contribution in [0.1, 0.15) is 48.5 Å². The van der Waals surface area contributed by atoms with E-state index in [4.69, 9.17) is 14.5 Å². The van der Waals surface area contributed by atoms with Gasteiger partial charge >= 0.3 is 5.97 Å². The van der Waals surface area contributed by atoms with Crippen LogP contribution in [0.2, 0.25) is 0 Å². The molecule has 5 rings (SSSR count). The van der Waals surface area contributed by atoms with E-state index in [0.29, 0.717) is 48.0 Å². The number of sulfonamides is 1. The third-order valence-corrected chi connectivity index (χ3v) is 9.57. The fourth-order valence-corrected chi connectivity index (χ4v) is 7.22. The molecular weight excluding hydrogens is 498 g/mol. The van der Waals surface area contributed by atoms with E-state index in [0.717, 1.165) is 48.5 Å². The predicted molar refractivity (Wildman–Crippen MR) is 139 cm³/mol. The summed E-state index contributed by atoms with van der Waals surface area (Å²) in [6.45, 7) is 4.73. The number of ether oxygens (including phenoxy) is 2. The van der Waals surface area contributed by atoms with Crippen LogP contribution in [-0.2, 0) is 31.8 Å².